The van der Waals surface area contributed by atoms with E-state index in [-0.39, 0.29) is 42.2 Å². The maximum Gasteiger partial charge on any atom is 0.271 e. The van der Waals surface area contributed by atoms with Crippen molar-refractivity contribution in [1.29, 1.82) is 0 Å². The number of aromatic hydroxyl groups is 1. The monoisotopic (exact) mass is 582 g/mol. The number of alkyl halides is 1. The van der Waals surface area contributed by atoms with Crippen molar-refractivity contribution in [3.8, 4) is 5.75 Å². The van der Waals surface area contributed by atoms with Crippen LogP contribution in [0.25, 0.3) is 5.65 Å². The van der Waals surface area contributed by atoms with Gasteiger partial charge < -0.3 is 15.3 Å². The highest BCUT2D eigenvalue weighted by Crippen LogP contribution is 2.38. The van der Waals surface area contributed by atoms with Gasteiger partial charge in [-0.1, -0.05) is 6.07 Å². The standard InChI is InChI=1S/C29H29F3N6O2S/c1-41-22-10-18(9-19(30)11-22)24-12-20(31)15-37(24)28-5-4-27-33-13-25(38(27)35-28)29(40)34-21-6-7-36(16-21)14-17-2-3-23(32)26(39)8-17/h2-5,8-11,13,20-21,24,39H,6-7,12,14-16H2,1H3,(H,34,40)/t20-,21-,24+/m0/s1. The van der Waals surface area contributed by atoms with Gasteiger partial charge in [-0.05, 0) is 66.3 Å². The Bertz CT molecular complexity index is 1600. The molecule has 1 amide bonds. The Morgan fingerprint density at radius 3 is 2.80 bits per heavy atom. The maximum atomic E-state index is 14.7. The Labute approximate surface area is 239 Å². The zero-order valence-electron chi connectivity index (χ0n) is 22.3. The van der Waals surface area contributed by atoms with E-state index >= 15 is 0 Å². The molecular weight excluding hydrogens is 553 g/mol. The van der Waals surface area contributed by atoms with Crippen LogP contribution in [0.2, 0.25) is 0 Å². The lowest BCUT2D eigenvalue weighted by atomic mass is 10.0. The van der Waals surface area contributed by atoms with Crippen LogP contribution in [0.1, 0.15) is 40.5 Å². The van der Waals surface area contributed by atoms with Crippen LogP contribution in [0.4, 0.5) is 19.0 Å². The molecule has 8 nitrogen and oxygen atoms in total. The number of benzene rings is 2. The van der Waals surface area contributed by atoms with Crippen LogP contribution in [0, 0.1) is 11.6 Å². The molecule has 214 valence electrons. The van der Waals surface area contributed by atoms with Crippen LogP contribution in [0.5, 0.6) is 5.75 Å². The topological polar surface area (TPSA) is 86.0 Å². The molecule has 0 spiro atoms. The SMILES string of the molecule is CSc1cc(F)cc([C@H]2C[C@H](F)CN2c2ccc3ncc(C(=O)N[C@H]4CCN(Cc5ccc(F)c(O)c5)C4)n3n2)c1. The van der Waals surface area contributed by atoms with Gasteiger partial charge in [-0.15, -0.1) is 16.9 Å². The zero-order chi connectivity index (χ0) is 28.7. The number of imidazole rings is 1. The Balaban J connectivity index is 1.18. The lowest BCUT2D eigenvalue weighted by molar-refractivity contribution is 0.0930. The molecule has 2 aromatic heterocycles. The third-order valence-corrected chi connectivity index (χ3v) is 8.37. The second-order valence-electron chi connectivity index (χ2n) is 10.5. The Morgan fingerprint density at radius 1 is 1.15 bits per heavy atom. The summed E-state index contributed by atoms with van der Waals surface area (Å²) in [6.07, 6.45) is 3.17. The maximum absolute atomic E-state index is 14.7. The first-order valence-corrected chi connectivity index (χ1v) is 14.6. The number of likely N-dealkylation sites (tertiary alicyclic amines) is 1. The molecule has 0 saturated carbocycles. The summed E-state index contributed by atoms with van der Waals surface area (Å²) in [6.45, 7) is 1.96. The summed E-state index contributed by atoms with van der Waals surface area (Å²) in [6, 6.07) is 12.0. The molecule has 0 unspecified atom stereocenters. The number of aromatic nitrogens is 3. The van der Waals surface area contributed by atoms with Crippen LogP contribution < -0.4 is 10.2 Å². The molecule has 2 aromatic carbocycles. The minimum atomic E-state index is -1.10. The third-order valence-electron chi connectivity index (χ3n) is 7.66. The number of rotatable bonds is 7. The van der Waals surface area contributed by atoms with Crippen molar-refractivity contribution < 1.29 is 23.1 Å². The molecule has 6 rings (SSSR count). The number of hydrogen-bond acceptors (Lipinski definition) is 7. The molecule has 12 heteroatoms. The highest BCUT2D eigenvalue weighted by molar-refractivity contribution is 7.98. The quantitative estimate of drug-likeness (QED) is 0.305. The highest BCUT2D eigenvalue weighted by Gasteiger charge is 2.35. The molecule has 0 aliphatic carbocycles. The summed E-state index contributed by atoms with van der Waals surface area (Å²) in [7, 11) is 0. The number of nitrogens with zero attached hydrogens (tertiary/aromatic N) is 5. The van der Waals surface area contributed by atoms with Crippen molar-refractivity contribution in [3.05, 3.63) is 83.2 Å². The number of carbonyl (C=O) groups excluding carboxylic acids is 1. The van der Waals surface area contributed by atoms with Crippen LogP contribution in [-0.4, -0.2) is 68.6 Å². The number of fused-ring (bicyclic) bond motifs is 1. The predicted molar refractivity (Wildman–Crippen MR) is 150 cm³/mol. The highest BCUT2D eigenvalue weighted by atomic mass is 32.2. The van der Waals surface area contributed by atoms with E-state index in [0.29, 0.717) is 30.1 Å². The summed E-state index contributed by atoms with van der Waals surface area (Å²) >= 11 is 1.42. The van der Waals surface area contributed by atoms with E-state index in [9.17, 15) is 23.1 Å². The fraction of sp³-hybridized carbons (Fsp3) is 0.345. The Hall–Kier alpha value is -3.77. The third kappa shape index (κ3) is 5.71. The fourth-order valence-electron chi connectivity index (χ4n) is 5.69. The molecule has 2 saturated heterocycles. The molecule has 2 aliphatic heterocycles. The van der Waals surface area contributed by atoms with Crippen molar-refractivity contribution in [2.45, 2.75) is 42.5 Å². The van der Waals surface area contributed by atoms with Gasteiger partial charge in [0.05, 0.1) is 18.8 Å². The minimum Gasteiger partial charge on any atom is -0.505 e. The molecule has 3 atom stereocenters. The van der Waals surface area contributed by atoms with Gasteiger partial charge in [0, 0.05) is 37.0 Å². The number of nitrogens with one attached hydrogen (secondary N) is 1. The van der Waals surface area contributed by atoms with E-state index in [2.05, 4.69) is 20.3 Å². The molecule has 0 radical (unpaired) electrons. The fourth-order valence-corrected chi connectivity index (χ4v) is 6.17. The molecule has 0 bridgehead atoms. The van der Waals surface area contributed by atoms with Gasteiger partial charge in [0.15, 0.2) is 22.9 Å². The largest absolute Gasteiger partial charge is 0.505 e. The van der Waals surface area contributed by atoms with Crippen molar-refractivity contribution in [2.24, 2.45) is 0 Å². The lowest BCUT2D eigenvalue weighted by Gasteiger charge is -2.26. The van der Waals surface area contributed by atoms with Gasteiger partial charge in [-0.2, -0.15) is 0 Å². The van der Waals surface area contributed by atoms with E-state index in [0.717, 1.165) is 23.4 Å². The first-order chi connectivity index (χ1) is 19.8. The Morgan fingerprint density at radius 2 is 2.00 bits per heavy atom. The van der Waals surface area contributed by atoms with Gasteiger partial charge in [0.25, 0.3) is 5.91 Å². The zero-order valence-corrected chi connectivity index (χ0v) is 23.1. The number of phenols is 1. The summed E-state index contributed by atoms with van der Waals surface area (Å²) < 4.78 is 43.8. The van der Waals surface area contributed by atoms with E-state index in [1.54, 1.807) is 18.2 Å². The molecule has 2 fully saturated rings. The van der Waals surface area contributed by atoms with E-state index in [1.807, 2.05) is 17.2 Å². The number of anilines is 1. The van der Waals surface area contributed by atoms with Gasteiger partial charge in [0.2, 0.25) is 0 Å². The molecular formula is C29H29F3N6O2S. The Kier molecular flexibility index (Phi) is 7.52. The first kappa shape index (κ1) is 27.4. The van der Waals surface area contributed by atoms with Crippen molar-refractivity contribution >= 4 is 29.1 Å². The number of carbonyl (C=O) groups is 1. The first-order valence-electron chi connectivity index (χ1n) is 13.4. The van der Waals surface area contributed by atoms with E-state index in [4.69, 9.17) is 0 Å². The summed E-state index contributed by atoms with van der Waals surface area (Å²) in [5.41, 5.74) is 2.20. The number of thioether (sulfide) groups is 1. The van der Waals surface area contributed by atoms with Crippen molar-refractivity contribution in [1.82, 2.24) is 24.8 Å². The second-order valence-corrected chi connectivity index (χ2v) is 11.4. The number of amides is 1. The van der Waals surface area contributed by atoms with E-state index < -0.39 is 18.0 Å². The molecule has 4 aromatic rings. The van der Waals surface area contributed by atoms with Crippen molar-refractivity contribution in [2.75, 3.05) is 30.8 Å². The summed E-state index contributed by atoms with van der Waals surface area (Å²) in [4.78, 5) is 22.3. The number of hydrogen-bond donors (Lipinski definition) is 2. The van der Waals surface area contributed by atoms with Gasteiger partial charge >= 0.3 is 0 Å². The van der Waals surface area contributed by atoms with Crippen molar-refractivity contribution in [3.63, 3.8) is 0 Å². The summed E-state index contributed by atoms with van der Waals surface area (Å²) in [5, 5.41) is 17.4. The van der Waals surface area contributed by atoms with Crippen LogP contribution in [0.15, 0.2) is 59.6 Å². The molecule has 41 heavy (non-hydrogen) atoms. The van der Waals surface area contributed by atoms with Crippen LogP contribution >= 0.6 is 11.8 Å². The smallest absolute Gasteiger partial charge is 0.271 e. The van der Waals surface area contributed by atoms with Gasteiger partial charge in [-0.25, -0.2) is 22.7 Å². The van der Waals surface area contributed by atoms with Gasteiger partial charge in [-0.3, -0.25) is 9.69 Å². The average Bonchev–Trinajstić information content (AvgIpc) is 3.68. The van der Waals surface area contributed by atoms with E-state index in [1.165, 1.54) is 46.7 Å². The van der Waals surface area contributed by atoms with Gasteiger partial charge in [0.1, 0.15) is 17.8 Å². The number of phenolic OH excluding ortho intramolecular Hbond substituents is 1. The molecule has 2 N–H and O–H groups in total. The number of halogens is 3. The predicted octanol–water partition coefficient (Wildman–Crippen LogP) is 4.73. The minimum absolute atomic E-state index is 0.105. The summed E-state index contributed by atoms with van der Waals surface area (Å²) in [5.74, 6) is -1.27. The molecule has 4 heterocycles. The van der Waals surface area contributed by atoms with Crippen LogP contribution in [-0.2, 0) is 6.54 Å². The molecule has 2 aliphatic rings. The lowest BCUT2D eigenvalue weighted by Crippen LogP contribution is -2.37. The average molecular weight is 583 g/mol. The second kappa shape index (κ2) is 11.2. The normalized spacial score (nSPS) is 21.2. The van der Waals surface area contributed by atoms with Crippen LogP contribution in [0.3, 0.4) is 0 Å².